The van der Waals surface area contributed by atoms with E-state index in [0.29, 0.717) is 6.04 Å². The molecular formula is C12H17NO2. The lowest BCUT2D eigenvalue weighted by Gasteiger charge is -2.24. The lowest BCUT2D eigenvalue weighted by Crippen LogP contribution is -2.32. The molecule has 3 heteroatoms. The van der Waals surface area contributed by atoms with Gasteiger partial charge in [0.05, 0.1) is 14.2 Å². The van der Waals surface area contributed by atoms with Gasteiger partial charge in [0.1, 0.15) is 0 Å². The van der Waals surface area contributed by atoms with Gasteiger partial charge in [0.15, 0.2) is 11.5 Å². The highest BCUT2D eigenvalue weighted by molar-refractivity contribution is 5.48. The summed E-state index contributed by atoms with van der Waals surface area (Å²) in [6.07, 6.45) is 1.05. The van der Waals surface area contributed by atoms with Crippen LogP contribution in [0.1, 0.15) is 18.1 Å². The Balaban J connectivity index is 2.41. The van der Waals surface area contributed by atoms with Crippen molar-refractivity contribution in [3.05, 3.63) is 23.3 Å². The largest absolute Gasteiger partial charge is 0.493 e. The van der Waals surface area contributed by atoms with Crippen LogP contribution in [0.25, 0.3) is 0 Å². The average Bonchev–Trinajstić information content (AvgIpc) is 2.27. The summed E-state index contributed by atoms with van der Waals surface area (Å²) in [5.41, 5.74) is 2.67. The van der Waals surface area contributed by atoms with Crippen LogP contribution in [0.2, 0.25) is 0 Å². The Morgan fingerprint density at radius 3 is 2.33 bits per heavy atom. The molecule has 1 aromatic rings. The van der Waals surface area contributed by atoms with Gasteiger partial charge >= 0.3 is 0 Å². The average molecular weight is 207 g/mol. The van der Waals surface area contributed by atoms with E-state index in [1.165, 1.54) is 11.1 Å². The normalized spacial score (nSPS) is 19.5. The highest BCUT2D eigenvalue weighted by Gasteiger charge is 2.17. The highest BCUT2D eigenvalue weighted by Crippen LogP contribution is 2.32. The van der Waals surface area contributed by atoms with E-state index in [1.54, 1.807) is 14.2 Å². The van der Waals surface area contributed by atoms with Crippen molar-refractivity contribution in [1.82, 2.24) is 5.32 Å². The van der Waals surface area contributed by atoms with Crippen LogP contribution in [0.4, 0.5) is 0 Å². The third kappa shape index (κ3) is 1.92. The van der Waals surface area contributed by atoms with Gasteiger partial charge in [-0.25, -0.2) is 0 Å². The van der Waals surface area contributed by atoms with E-state index in [1.807, 2.05) is 0 Å². The number of fused-ring (bicyclic) bond motifs is 1. The highest BCUT2D eigenvalue weighted by atomic mass is 16.5. The van der Waals surface area contributed by atoms with Gasteiger partial charge < -0.3 is 14.8 Å². The van der Waals surface area contributed by atoms with Crippen molar-refractivity contribution < 1.29 is 9.47 Å². The predicted octanol–water partition coefficient (Wildman–Crippen LogP) is 1.74. The Morgan fingerprint density at radius 2 is 1.73 bits per heavy atom. The quantitative estimate of drug-likeness (QED) is 0.801. The van der Waals surface area contributed by atoms with Crippen LogP contribution < -0.4 is 14.8 Å². The summed E-state index contributed by atoms with van der Waals surface area (Å²) in [5.74, 6) is 1.64. The molecule has 82 valence electrons. The second kappa shape index (κ2) is 4.11. The smallest absolute Gasteiger partial charge is 0.161 e. The maximum Gasteiger partial charge on any atom is 0.161 e. The second-order valence-corrected chi connectivity index (χ2v) is 3.96. The number of ether oxygens (including phenoxy) is 2. The van der Waals surface area contributed by atoms with Crippen LogP contribution in [0.5, 0.6) is 11.5 Å². The van der Waals surface area contributed by atoms with Crippen molar-refractivity contribution in [2.24, 2.45) is 0 Å². The molecule has 1 N–H and O–H groups in total. The van der Waals surface area contributed by atoms with E-state index in [4.69, 9.17) is 9.47 Å². The van der Waals surface area contributed by atoms with Crippen LogP contribution in [0, 0.1) is 0 Å². The lowest BCUT2D eigenvalue weighted by molar-refractivity contribution is 0.352. The maximum atomic E-state index is 5.29. The minimum Gasteiger partial charge on any atom is -0.493 e. The molecule has 0 amide bonds. The number of rotatable bonds is 2. The molecule has 3 nitrogen and oxygen atoms in total. The fraction of sp³-hybridized carbons (Fsp3) is 0.500. The van der Waals surface area contributed by atoms with Gasteiger partial charge in [-0.15, -0.1) is 0 Å². The van der Waals surface area contributed by atoms with Crippen molar-refractivity contribution >= 4 is 0 Å². The summed E-state index contributed by atoms with van der Waals surface area (Å²) < 4.78 is 10.6. The molecule has 0 bridgehead atoms. The van der Waals surface area contributed by atoms with E-state index in [2.05, 4.69) is 24.4 Å². The van der Waals surface area contributed by atoms with Gasteiger partial charge in [0, 0.05) is 12.6 Å². The maximum absolute atomic E-state index is 5.29. The Hall–Kier alpha value is -1.22. The predicted molar refractivity (Wildman–Crippen MR) is 59.6 cm³/mol. The van der Waals surface area contributed by atoms with Gasteiger partial charge in [0.25, 0.3) is 0 Å². The second-order valence-electron chi connectivity index (χ2n) is 3.96. The fourth-order valence-corrected chi connectivity index (χ4v) is 2.00. The van der Waals surface area contributed by atoms with E-state index in [9.17, 15) is 0 Å². The van der Waals surface area contributed by atoms with E-state index >= 15 is 0 Å². The molecular weight excluding hydrogens is 190 g/mol. The number of nitrogens with one attached hydrogen (secondary N) is 1. The molecule has 2 rings (SSSR count). The summed E-state index contributed by atoms with van der Waals surface area (Å²) in [7, 11) is 3.35. The summed E-state index contributed by atoms with van der Waals surface area (Å²) in [4.78, 5) is 0. The third-order valence-electron chi connectivity index (χ3n) is 2.87. The van der Waals surface area contributed by atoms with Crippen LogP contribution in [-0.4, -0.2) is 20.3 Å². The molecule has 15 heavy (non-hydrogen) atoms. The Bertz CT molecular complexity index is 363. The van der Waals surface area contributed by atoms with Crippen molar-refractivity contribution in [2.45, 2.75) is 25.9 Å². The Kier molecular flexibility index (Phi) is 2.82. The molecule has 1 aliphatic heterocycles. The Morgan fingerprint density at radius 1 is 1.13 bits per heavy atom. The Labute approximate surface area is 90.4 Å². The van der Waals surface area contributed by atoms with Crippen LogP contribution >= 0.6 is 0 Å². The van der Waals surface area contributed by atoms with Gasteiger partial charge in [0.2, 0.25) is 0 Å². The minimum atomic E-state index is 0.538. The summed E-state index contributed by atoms with van der Waals surface area (Å²) in [6, 6.07) is 4.69. The van der Waals surface area contributed by atoms with Gasteiger partial charge in [-0.2, -0.15) is 0 Å². The van der Waals surface area contributed by atoms with E-state index < -0.39 is 0 Å². The molecule has 0 saturated heterocycles. The number of hydrogen-bond donors (Lipinski definition) is 1. The van der Waals surface area contributed by atoms with Gasteiger partial charge in [-0.05, 0) is 36.6 Å². The zero-order valence-electron chi connectivity index (χ0n) is 9.46. The minimum absolute atomic E-state index is 0.538. The first-order valence-corrected chi connectivity index (χ1v) is 5.21. The van der Waals surface area contributed by atoms with Crippen LogP contribution in [-0.2, 0) is 13.0 Å². The molecule has 0 spiro atoms. The molecule has 0 fully saturated rings. The summed E-state index contributed by atoms with van der Waals surface area (Å²) in [5, 5.41) is 3.43. The molecule has 1 atom stereocenters. The lowest BCUT2D eigenvalue weighted by atomic mass is 9.96. The number of benzene rings is 1. The SMILES string of the molecule is COc1cc2c(cc1OC)CC(C)NC2. The van der Waals surface area contributed by atoms with Crippen molar-refractivity contribution in [1.29, 1.82) is 0 Å². The first kappa shape index (κ1) is 10.3. The molecule has 1 aliphatic rings. The zero-order chi connectivity index (χ0) is 10.8. The summed E-state index contributed by atoms with van der Waals surface area (Å²) in [6.45, 7) is 3.11. The monoisotopic (exact) mass is 207 g/mol. The first-order valence-electron chi connectivity index (χ1n) is 5.21. The van der Waals surface area contributed by atoms with Crippen molar-refractivity contribution in [3.8, 4) is 11.5 Å². The van der Waals surface area contributed by atoms with E-state index in [0.717, 1.165) is 24.5 Å². The van der Waals surface area contributed by atoms with Crippen molar-refractivity contribution in [2.75, 3.05) is 14.2 Å². The van der Waals surface area contributed by atoms with Gasteiger partial charge in [-0.3, -0.25) is 0 Å². The van der Waals surface area contributed by atoms with Crippen molar-refractivity contribution in [3.63, 3.8) is 0 Å². The molecule has 1 aromatic carbocycles. The molecule has 0 aliphatic carbocycles. The molecule has 1 unspecified atom stereocenters. The number of methoxy groups -OCH3 is 2. The topological polar surface area (TPSA) is 30.5 Å². The molecule has 0 saturated carbocycles. The summed E-state index contributed by atoms with van der Waals surface area (Å²) >= 11 is 0. The standard InChI is InChI=1S/C12H17NO2/c1-8-4-9-5-11(14-2)12(15-3)6-10(9)7-13-8/h5-6,8,13H,4,7H2,1-3H3. The van der Waals surface area contributed by atoms with E-state index in [-0.39, 0.29) is 0 Å². The third-order valence-corrected chi connectivity index (χ3v) is 2.87. The van der Waals surface area contributed by atoms with Gasteiger partial charge in [-0.1, -0.05) is 0 Å². The fourth-order valence-electron chi connectivity index (χ4n) is 2.00. The molecule has 1 heterocycles. The molecule has 0 radical (unpaired) electrons. The van der Waals surface area contributed by atoms with Crippen LogP contribution in [0.15, 0.2) is 12.1 Å². The van der Waals surface area contributed by atoms with Crippen LogP contribution in [0.3, 0.4) is 0 Å². The molecule has 0 aromatic heterocycles. The number of hydrogen-bond acceptors (Lipinski definition) is 3. The zero-order valence-corrected chi connectivity index (χ0v) is 9.46. The first-order chi connectivity index (χ1) is 7.24.